The summed E-state index contributed by atoms with van der Waals surface area (Å²) in [5.74, 6) is 0.500. The second kappa shape index (κ2) is 7.99. The molecule has 0 radical (unpaired) electrons. The molecule has 6 heteroatoms. The second-order valence-electron chi connectivity index (χ2n) is 5.03. The van der Waals surface area contributed by atoms with Crippen LogP contribution < -0.4 is 10.0 Å². The van der Waals surface area contributed by atoms with Gasteiger partial charge in [0.25, 0.3) is 0 Å². The highest BCUT2D eigenvalue weighted by Gasteiger charge is 2.16. The van der Waals surface area contributed by atoms with E-state index in [9.17, 15) is 8.42 Å². The molecule has 0 atom stereocenters. The molecule has 0 spiro atoms. The summed E-state index contributed by atoms with van der Waals surface area (Å²) in [5, 5.41) is 5.17. The molecule has 19 heavy (non-hydrogen) atoms. The fourth-order valence-electron chi connectivity index (χ4n) is 1.55. The van der Waals surface area contributed by atoms with E-state index < -0.39 is 10.0 Å². The van der Waals surface area contributed by atoms with Gasteiger partial charge in [-0.1, -0.05) is 20.8 Å². The molecule has 1 aromatic rings. The Morgan fingerprint density at radius 1 is 1.32 bits per heavy atom. The van der Waals surface area contributed by atoms with Crippen molar-refractivity contribution >= 4 is 21.4 Å². The number of rotatable bonds is 9. The molecule has 0 aliphatic rings. The molecule has 0 bridgehead atoms. The number of hydrogen-bond donors (Lipinski definition) is 2. The molecular weight excluding hydrogens is 280 g/mol. The molecule has 1 aromatic heterocycles. The Morgan fingerprint density at radius 2 is 2.05 bits per heavy atom. The van der Waals surface area contributed by atoms with Crippen LogP contribution in [0.15, 0.2) is 15.7 Å². The van der Waals surface area contributed by atoms with Gasteiger partial charge in [-0.05, 0) is 42.3 Å². The highest BCUT2D eigenvalue weighted by atomic mass is 32.2. The van der Waals surface area contributed by atoms with E-state index in [1.165, 1.54) is 11.3 Å². The van der Waals surface area contributed by atoms with Gasteiger partial charge in [-0.3, -0.25) is 0 Å². The third-order valence-corrected chi connectivity index (χ3v) is 5.61. The van der Waals surface area contributed by atoms with E-state index in [1.54, 1.807) is 6.07 Å². The first-order valence-electron chi connectivity index (χ1n) is 6.73. The molecule has 1 rings (SSSR count). The predicted octanol–water partition coefficient (Wildman–Crippen LogP) is 2.57. The maximum atomic E-state index is 12.0. The van der Waals surface area contributed by atoms with Crippen molar-refractivity contribution in [3.63, 3.8) is 0 Å². The molecule has 0 saturated carbocycles. The van der Waals surface area contributed by atoms with Crippen LogP contribution in [0.5, 0.6) is 0 Å². The zero-order chi connectivity index (χ0) is 14.3. The van der Waals surface area contributed by atoms with E-state index in [2.05, 4.69) is 30.8 Å². The van der Waals surface area contributed by atoms with Gasteiger partial charge in [-0.2, -0.15) is 0 Å². The molecule has 0 aliphatic heterocycles. The Labute approximate surface area is 120 Å². The lowest BCUT2D eigenvalue weighted by Crippen LogP contribution is -2.24. The van der Waals surface area contributed by atoms with Gasteiger partial charge in [0.1, 0.15) is 4.21 Å². The van der Waals surface area contributed by atoms with E-state index >= 15 is 0 Å². The smallest absolute Gasteiger partial charge is 0.250 e. The lowest BCUT2D eigenvalue weighted by Gasteiger charge is -2.06. The largest absolute Gasteiger partial charge is 0.313 e. The van der Waals surface area contributed by atoms with E-state index in [0.29, 0.717) is 16.7 Å². The average Bonchev–Trinajstić information content (AvgIpc) is 2.78. The van der Waals surface area contributed by atoms with Gasteiger partial charge in [0.2, 0.25) is 10.0 Å². The summed E-state index contributed by atoms with van der Waals surface area (Å²) in [6.45, 7) is 8.45. The molecule has 0 saturated heterocycles. The topological polar surface area (TPSA) is 58.2 Å². The zero-order valence-corrected chi connectivity index (χ0v) is 13.5. The predicted molar refractivity (Wildman–Crippen MR) is 81.0 cm³/mol. The van der Waals surface area contributed by atoms with Gasteiger partial charge in [0.15, 0.2) is 0 Å². The average molecular weight is 304 g/mol. The van der Waals surface area contributed by atoms with Crippen LogP contribution in [0.25, 0.3) is 0 Å². The molecule has 0 fully saturated rings. The van der Waals surface area contributed by atoms with E-state index in [4.69, 9.17) is 0 Å². The van der Waals surface area contributed by atoms with E-state index in [1.807, 2.05) is 5.38 Å². The quantitative estimate of drug-likeness (QED) is 0.689. The highest BCUT2D eigenvalue weighted by molar-refractivity contribution is 7.91. The van der Waals surface area contributed by atoms with Crippen molar-refractivity contribution in [1.82, 2.24) is 10.0 Å². The Hall–Kier alpha value is -0.430. The summed E-state index contributed by atoms with van der Waals surface area (Å²) >= 11 is 1.28. The van der Waals surface area contributed by atoms with Crippen LogP contribution in [-0.4, -0.2) is 21.5 Å². The van der Waals surface area contributed by atoms with Gasteiger partial charge in [0.05, 0.1) is 0 Å². The normalized spacial score (nSPS) is 12.2. The van der Waals surface area contributed by atoms with Gasteiger partial charge < -0.3 is 5.32 Å². The van der Waals surface area contributed by atoms with Gasteiger partial charge in [0, 0.05) is 13.1 Å². The number of thiophene rings is 1. The molecule has 1 heterocycles. The molecule has 110 valence electrons. The first kappa shape index (κ1) is 16.6. The Kier molecular flexibility index (Phi) is 6.99. The first-order valence-corrected chi connectivity index (χ1v) is 9.09. The van der Waals surface area contributed by atoms with Crippen molar-refractivity contribution in [2.45, 2.75) is 44.4 Å². The molecule has 0 amide bonds. The molecule has 4 nitrogen and oxygen atoms in total. The Morgan fingerprint density at radius 3 is 2.68 bits per heavy atom. The minimum absolute atomic E-state index is 0.407. The lowest BCUT2D eigenvalue weighted by molar-refractivity contribution is 0.553. The van der Waals surface area contributed by atoms with Crippen molar-refractivity contribution in [2.24, 2.45) is 5.92 Å². The molecular formula is C13H24N2O2S2. The van der Waals surface area contributed by atoms with Crippen LogP contribution in [0, 0.1) is 5.92 Å². The standard InChI is InChI=1S/C13H24N2O2S2/c1-4-6-14-9-12-8-13(18-10-12)19(16,17)15-7-5-11(2)3/h8,10-11,14-15H,4-7,9H2,1-3H3. The van der Waals surface area contributed by atoms with Crippen LogP contribution in [0.3, 0.4) is 0 Å². The summed E-state index contributed by atoms with van der Waals surface area (Å²) in [6.07, 6.45) is 1.93. The van der Waals surface area contributed by atoms with Crippen LogP contribution >= 0.6 is 11.3 Å². The maximum Gasteiger partial charge on any atom is 0.250 e. The number of hydrogen-bond acceptors (Lipinski definition) is 4. The summed E-state index contributed by atoms with van der Waals surface area (Å²) in [5.41, 5.74) is 1.03. The fourth-order valence-corrected chi connectivity index (χ4v) is 3.85. The number of sulfonamides is 1. The maximum absolute atomic E-state index is 12.0. The van der Waals surface area contributed by atoms with E-state index in [0.717, 1.165) is 31.5 Å². The number of nitrogens with one attached hydrogen (secondary N) is 2. The van der Waals surface area contributed by atoms with Crippen molar-refractivity contribution < 1.29 is 8.42 Å². The molecule has 0 aromatic carbocycles. The lowest BCUT2D eigenvalue weighted by atomic mass is 10.1. The van der Waals surface area contributed by atoms with Crippen LogP contribution in [-0.2, 0) is 16.6 Å². The Bertz CT molecular complexity index is 467. The fraction of sp³-hybridized carbons (Fsp3) is 0.692. The molecule has 0 unspecified atom stereocenters. The van der Waals surface area contributed by atoms with Gasteiger partial charge >= 0.3 is 0 Å². The van der Waals surface area contributed by atoms with Gasteiger partial charge in [-0.25, -0.2) is 13.1 Å². The minimum Gasteiger partial charge on any atom is -0.313 e. The first-order chi connectivity index (χ1) is 8.95. The third-order valence-electron chi connectivity index (χ3n) is 2.66. The second-order valence-corrected chi connectivity index (χ2v) is 7.94. The minimum atomic E-state index is -3.32. The van der Waals surface area contributed by atoms with E-state index in [-0.39, 0.29) is 0 Å². The monoisotopic (exact) mass is 304 g/mol. The SMILES string of the molecule is CCCNCc1csc(S(=O)(=O)NCCC(C)C)c1. The zero-order valence-electron chi connectivity index (χ0n) is 11.9. The van der Waals surface area contributed by atoms with Crippen molar-refractivity contribution in [2.75, 3.05) is 13.1 Å². The van der Waals surface area contributed by atoms with Crippen molar-refractivity contribution in [3.05, 3.63) is 17.0 Å². The Balaban J connectivity index is 2.53. The molecule has 0 aliphatic carbocycles. The summed E-state index contributed by atoms with van der Waals surface area (Å²) in [4.78, 5) is 0. The van der Waals surface area contributed by atoms with Gasteiger partial charge in [-0.15, -0.1) is 11.3 Å². The molecule has 2 N–H and O–H groups in total. The van der Waals surface area contributed by atoms with Crippen molar-refractivity contribution in [1.29, 1.82) is 0 Å². The summed E-state index contributed by atoms with van der Waals surface area (Å²) in [6, 6.07) is 1.75. The third kappa shape index (κ3) is 6.03. The van der Waals surface area contributed by atoms with Crippen LogP contribution in [0.4, 0.5) is 0 Å². The van der Waals surface area contributed by atoms with Crippen molar-refractivity contribution in [3.8, 4) is 0 Å². The summed E-state index contributed by atoms with van der Waals surface area (Å²) < 4.78 is 27.1. The van der Waals surface area contributed by atoms with Crippen LogP contribution in [0.2, 0.25) is 0 Å². The summed E-state index contributed by atoms with van der Waals surface area (Å²) in [7, 11) is -3.32. The van der Waals surface area contributed by atoms with Crippen LogP contribution in [0.1, 0.15) is 39.2 Å². The highest BCUT2D eigenvalue weighted by Crippen LogP contribution is 2.20.